The number of aldehydes is 1. The van der Waals surface area contributed by atoms with Crippen LogP contribution in [-0.4, -0.2) is 20.0 Å². The topological polar surface area (TPSA) is 26.3 Å². The second-order valence-electron chi connectivity index (χ2n) is 2.25. The van der Waals surface area contributed by atoms with Crippen molar-refractivity contribution >= 4 is 22.2 Å². The molecule has 0 aliphatic carbocycles. The molecule has 0 aromatic heterocycles. The molecule has 0 radical (unpaired) electrons. The van der Waals surface area contributed by atoms with Gasteiger partial charge in [-0.05, 0) is 19.1 Å². The maximum Gasteiger partial charge on any atom is 0.150 e. The van der Waals surface area contributed by atoms with Crippen LogP contribution in [0.25, 0.3) is 0 Å². The number of rotatable bonds is 2. The van der Waals surface area contributed by atoms with E-state index in [1.807, 2.05) is 19.1 Å². The van der Waals surface area contributed by atoms with Crippen LogP contribution in [0.5, 0.6) is 0 Å². The van der Waals surface area contributed by atoms with Crippen molar-refractivity contribution in [1.29, 1.82) is 0 Å². The molecule has 1 aromatic rings. The third-order valence-electron chi connectivity index (χ3n) is 1.27. The van der Waals surface area contributed by atoms with Gasteiger partial charge in [-0.2, -0.15) is 0 Å². The van der Waals surface area contributed by atoms with Crippen LogP contribution in [0.1, 0.15) is 17.3 Å². The van der Waals surface area contributed by atoms with Crippen molar-refractivity contribution in [2.45, 2.75) is 6.92 Å². The Kier molecular flexibility index (Phi) is 7.54. The average Bonchev–Trinajstić information content (AvgIpc) is 2.18. The smallest absolute Gasteiger partial charge is 0.150 e. The fraction of sp³-hybridized carbons (Fsp3) is 0.300. The summed E-state index contributed by atoms with van der Waals surface area (Å²) in [5.41, 5.74) is 0.698. The van der Waals surface area contributed by atoms with E-state index >= 15 is 0 Å². The van der Waals surface area contributed by atoms with Gasteiger partial charge in [0.25, 0.3) is 0 Å². The van der Waals surface area contributed by atoms with Crippen molar-refractivity contribution in [1.82, 2.24) is 0 Å². The number of ether oxygens (including phenoxy) is 1. The fourth-order valence-electron chi connectivity index (χ4n) is 0.580. The number of hydrogen-bond acceptors (Lipinski definition) is 2. The standard InChI is InChI=1S/C7H5BrO.C3H8O/c8-7-3-1-2-6(4-7)5-9;1-3-4-2/h1-5H;3H2,1-2H3. The Morgan fingerprint density at radius 2 is 2.15 bits per heavy atom. The summed E-state index contributed by atoms with van der Waals surface area (Å²) in [5, 5.41) is 0. The lowest BCUT2D eigenvalue weighted by Crippen LogP contribution is -1.75. The molecule has 1 rings (SSSR count). The number of benzene rings is 1. The third kappa shape index (κ3) is 6.49. The van der Waals surface area contributed by atoms with E-state index in [1.54, 1.807) is 19.2 Å². The van der Waals surface area contributed by atoms with Gasteiger partial charge in [0, 0.05) is 23.8 Å². The molecule has 2 nitrogen and oxygen atoms in total. The number of hydrogen-bond donors (Lipinski definition) is 0. The predicted octanol–water partition coefficient (Wildman–Crippen LogP) is 2.91. The summed E-state index contributed by atoms with van der Waals surface area (Å²) in [6.07, 6.45) is 0.824. The molecule has 0 aliphatic rings. The molecular formula is C10H13BrO2. The molecule has 1 aromatic carbocycles. The van der Waals surface area contributed by atoms with E-state index in [0.29, 0.717) is 5.56 Å². The number of carbonyl (C=O) groups excluding carboxylic acids is 1. The zero-order valence-electron chi connectivity index (χ0n) is 7.79. The molecule has 0 atom stereocenters. The van der Waals surface area contributed by atoms with Crippen molar-refractivity contribution in [2.75, 3.05) is 13.7 Å². The molecule has 0 unspecified atom stereocenters. The summed E-state index contributed by atoms with van der Waals surface area (Å²) in [5.74, 6) is 0. The van der Waals surface area contributed by atoms with Gasteiger partial charge >= 0.3 is 0 Å². The van der Waals surface area contributed by atoms with E-state index in [9.17, 15) is 4.79 Å². The van der Waals surface area contributed by atoms with Crippen molar-refractivity contribution < 1.29 is 9.53 Å². The van der Waals surface area contributed by atoms with Gasteiger partial charge in [-0.15, -0.1) is 0 Å². The molecular weight excluding hydrogens is 232 g/mol. The Labute approximate surface area is 87.0 Å². The second kappa shape index (κ2) is 7.95. The Balaban J connectivity index is 0.000000310. The minimum Gasteiger partial charge on any atom is -0.385 e. The maximum absolute atomic E-state index is 10.1. The van der Waals surface area contributed by atoms with E-state index in [1.165, 1.54) is 0 Å². The van der Waals surface area contributed by atoms with Crippen molar-refractivity contribution in [3.8, 4) is 0 Å². The first-order valence-corrected chi connectivity index (χ1v) is 4.73. The van der Waals surface area contributed by atoms with Crippen molar-refractivity contribution in [3.63, 3.8) is 0 Å². The highest BCUT2D eigenvalue weighted by atomic mass is 79.9. The third-order valence-corrected chi connectivity index (χ3v) is 1.77. The van der Waals surface area contributed by atoms with Crippen LogP contribution < -0.4 is 0 Å². The van der Waals surface area contributed by atoms with Crippen LogP contribution in [-0.2, 0) is 4.74 Å². The molecule has 0 spiro atoms. The Morgan fingerprint density at radius 1 is 1.54 bits per heavy atom. The zero-order valence-corrected chi connectivity index (χ0v) is 9.37. The van der Waals surface area contributed by atoms with Crippen LogP contribution in [0.2, 0.25) is 0 Å². The molecule has 0 fully saturated rings. The van der Waals surface area contributed by atoms with Gasteiger partial charge in [-0.25, -0.2) is 0 Å². The van der Waals surface area contributed by atoms with Gasteiger partial charge in [0.1, 0.15) is 6.29 Å². The lowest BCUT2D eigenvalue weighted by Gasteiger charge is -1.88. The first-order valence-electron chi connectivity index (χ1n) is 3.94. The highest BCUT2D eigenvalue weighted by Gasteiger charge is 1.87. The van der Waals surface area contributed by atoms with E-state index in [2.05, 4.69) is 20.7 Å². The van der Waals surface area contributed by atoms with E-state index in [0.717, 1.165) is 17.4 Å². The Bertz CT molecular complexity index is 246. The summed E-state index contributed by atoms with van der Waals surface area (Å²) in [6.45, 7) is 2.78. The molecule has 0 saturated carbocycles. The van der Waals surface area contributed by atoms with Gasteiger partial charge in [-0.1, -0.05) is 28.1 Å². The van der Waals surface area contributed by atoms with Crippen LogP contribution in [0, 0.1) is 0 Å². The van der Waals surface area contributed by atoms with Crippen molar-refractivity contribution in [2.24, 2.45) is 0 Å². The van der Waals surface area contributed by atoms with E-state index in [-0.39, 0.29) is 0 Å². The van der Waals surface area contributed by atoms with E-state index < -0.39 is 0 Å². The molecule has 0 bridgehead atoms. The van der Waals surface area contributed by atoms with Crippen LogP contribution in [0.4, 0.5) is 0 Å². The Hall–Kier alpha value is -0.670. The molecule has 0 amide bonds. The first-order chi connectivity index (χ1) is 6.24. The lowest BCUT2D eigenvalue weighted by molar-refractivity contribution is 0.112. The highest BCUT2D eigenvalue weighted by molar-refractivity contribution is 9.10. The largest absolute Gasteiger partial charge is 0.385 e. The zero-order chi connectivity index (χ0) is 10.1. The fourth-order valence-corrected chi connectivity index (χ4v) is 0.997. The second-order valence-corrected chi connectivity index (χ2v) is 3.17. The van der Waals surface area contributed by atoms with Gasteiger partial charge < -0.3 is 4.74 Å². The summed E-state index contributed by atoms with van der Waals surface area (Å²) in [4.78, 5) is 10.1. The number of halogens is 1. The Morgan fingerprint density at radius 3 is 2.46 bits per heavy atom. The maximum atomic E-state index is 10.1. The summed E-state index contributed by atoms with van der Waals surface area (Å²) in [7, 11) is 1.68. The van der Waals surface area contributed by atoms with Crippen LogP contribution >= 0.6 is 15.9 Å². The average molecular weight is 245 g/mol. The number of methoxy groups -OCH3 is 1. The molecule has 3 heteroatoms. The summed E-state index contributed by atoms with van der Waals surface area (Å²) in [6, 6.07) is 7.24. The molecule has 13 heavy (non-hydrogen) atoms. The summed E-state index contributed by atoms with van der Waals surface area (Å²) < 4.78 is 5.48. The number of carbonyl (C=O) groups is 1. The quantitative estimate of drug-likeness (QED) is 0.749. The van der Waals surface area contributed by atoms with Gasteiger partial charge in [0.15, 0.2) is 0 Å². The highest BCUT2D eigenvalue weighted by Crippen LogP contribution is 2.09. The molecule has 0 N–H and O–H groups in total. The molecule has 0 heterocycles. The predicted molar refractivity (Wildman–Crippen MR) is 57.1 cm³/mol. The minimum absolute atomic E-state index is 0.698. The van der Waals surface area contributed by atoms with Gasteiger partial charge in [0.05, 0.1) is 0 Å². The van der Waals surface area contributed by atoms with Gasteiger partial charge in [-0.3, -0.25) is 4.79 Å². The van der Waals surface area contributed by atoms with Crippen LogP contribution in [0.3, 0.4) is 0 Å². The molecule has 0 saturated heterocycles. The van der Waals surface area contributed by atoms with Crippen LogP contribution in [0.15, 0.2) is 28.7 Å². The molecule has 0 aliphatic heterocycles. The normalized spacial score (nSPS) is 8.54. The van der Waals surface area contributed by atoms with E-state index in [4.69, 9.17) is 0 Å². The first kappa shape index (κ1) is 12.3. The monoisotopic (exact) mass is 244 g/mol. The molecule has 72 valence electrons. The minimum atomic E-state index is 0.698. The SMILES string of the molecule is CCOC.O=Cc1cccc(Br)c1. The lowest BCUT2D eigenvalue weighted by atomic mass is 10.2. The van der Waals surface area contributed by atoms with Gasteiger partial charge in [0.2, 0.25) is 0 Å². The summed E-state index contributed by atoms with van der Waals surface area (Å²) >= 11 is 3.24. The van der Waals surface area contributed by atoms with Crippen molar-refractivity contribution in [3.05, 3.63) is 34.3 Å².